The zero-order chi connectivity index (χ0) is 11.7. The van der Waals surface area contributed by atoms with Crippen molar-refractivity contribution in [2.45, 2.75) is 0 Å². The van der Waals surface area contributed by atoms with Crippen molar-refractivity contribution in [2.24, 2.45) is 0 Å². The standard InChI is InChI=1S/C14H9NO2/c16-14-11-6-1-2-7-12(11)17-13(14)9-10-5-3-4-8-15-10/h1-9H. The minimum atomic E-state index is -0.0914. The molecular formula is C14H9NO2. The van der Waals surface area contributed by atoms with Gasteiger partial charge in [-0.1, -0.05) is 18.2 Å². The molecule has 0 saturated carbocycles. The molecule has 0 atom stereocenters. The van der Waals surface area contributed by atoms with E-state index in [0.29, 0.717) is 22.8 Å². The number of hydrogen-bond acceptors (Lipinski definition) is 3. The number of allylic oxidation sites excluding steroid dienone is 1. The number of benzene rings is 1. The molecule has 17 heavy (non-hydrogen) atoms. The van der Waals surface area contributed by atoms with E-state index >= 15 is 0 Å². The summed E-state index contributed by atoms with van der Waals surface area (Å²) in [5.74, 6) is 0.843. The van der Waals surface area contributed by atoms with Gasteiger partial charge >= 0.3 is 0 Å². The first-order valence-corrected chi connectivity index (χ1v) is 5.29. The molecule has 2 aromatic rings. The highest BCUT2D eigenvalue weighted by Crippen LogP contribution is 2.30. The Morgan fingerprint density at radius 2 is 1.88 bits per heavy atom. The highest BCUT2D eigenvalue weighted by molar-refractivity contribution is 6.14. The molecule has 1 aliphatic heterocycles. The number of aromatic nitrogens is 1. The molecule has 0 amide bonds. The molecule has 3 heteroatoms. The monoisotopic (exact) mass is 223 g/mol. The van der Waals surface area contributed by atoms with Gasteiger partial charge in [0.1, 0.15) is 5.75 Å². The summed E-state index contributed by atoms with van der Waals surface area (Å²) >= 11 is 0. The summed E-state index contributed by atoms with van der Waals surface area (Å²) < 4.78 is 5.49. The Morgan fingerprint density at radius 3 is 2.65 bits per heavy atom. The van der Waals surface area contributed by atoms with Crippen LogP contribution in [-0.4, -0.2) is 10.8 Å². The maximum atomic E-state index is 12.0. The number of fused-ring (bicyclic) bond motifs is 1. The number of para-hydroxylation sites is 1. The van der Waals surface area contributed by atoms with Crippen LogP contribution in [0.25, 0.3) is 6.08 Å². The number of ether oxygens (including phenoxy) is 1. The van der Waals surface area contributed by atoms with Crippen LogP contribution in [0.4, 0.5) is 0 Å². The highest BCUT2D eigenvalue weighted by atomic mass is 16.5. The zero-order valence-electron chi connectivity index (χ0n) is 8.96. The van der Waals surface area contributed by atoms with Gasteiger partial charge in [-0.2, -0.15) is 0 Å². The Kier molecular flexibility index (Phi) is 2.22. The van der Waals surface area contributed by atoms with Crippen LogP contribution in [-0.2, 0) is 0 Å². The number of carbonyl (C=O) groups is 1. The van der Waals surface area contributed by atoms with Crippen LogP contribution in [0.3, 0.4) is 0 Å². The Hall–Kier alpha value is -2.42. The van der Waals surface area contributed by atoms with Gasteiger partial charge in [-0.05, 0) is 24.3 Å². The van der Waals surface area contributed by atoms with Crippen molar-refractivity contribution in [1.29, 1.82) is 0 Å². The molecule has 0 spiro atoms. The van der Waals surface area contributed by atoms with Crippen LogP contribution < -0.4 is 4.74 Å². The predicted molar refractivity (Wildman–Crippen MR) is 63.6 cm³/mol. The molecule has 3 rings (SSSR count). The SMILES string of the molecule is O=C1C(=Cc2ccccn2)Oc2ccccc21. The quantitative estimate of drug-likeness (QED) is 0.698. The molecular weight excluding hydrogens is 214 g/mol. The van der Waals surface area contributed by atoms with Gasteiger partial charge in [0.2, 0.25) is 5.78 Å². The van der Waals surface area contributed by atoms with E-state index < -0.39 is 0 Å². The van der Waals surface area contributed by atoms with E-state index in [4.69, 9.17) is 4.74 Å². The van der Waals surface area contributed by atoms with Gasteiger partial charge in [0.05, 0.1) is 11.3 Å². The van der Waals surface area contributed by atoms with Gasteiger partial charge in [0, 0.05) is 12.3 Å². The van der Waals surface area contributed by atoms with E-state index in [2.05, 4.69) is 4.98 Å². The number of nitrogens with zero attached hydrogens (tertiary/aromatic N) is 1. The molecule has 0 saturated heterocycles. The van der Waals surface area contributed by atoms with Gasteiger partial charge in [0.15, 0.2) is 5.76 Å². The third kappa shape index (κ3) is 1.72. The zero-order valence-corrected chi connectivity index (χ0v) is 8.96. The van der Waals surface area contributed by atoms with Gasteiger partial charge in [0.25, 0.3) is 0 Å². The van der Waals surface area contributed by atoms with E-state index in [1.54, 1.807) is 24.4 Å². The third-order valence-electron chi connectivity index (χ3n) is 2.54. The molecule has 0 aliphatic carbocycles. The number of rotatable bonds is 1. The van der Waals surface area contributed by atoms with E-state index in [-0.39, 0.29) is 5.78 Å². The van der Waals surface area contributed by atoms with Crippen LogP contribution in [0.15, 0.2) is 54.4 Å². The minimum absolute atomic E-state index is 0.0914. The lowest BCUT2D eigenvalue weighted by atomic mass is 10.1. The van der Waals surface area contributed by atoms with Gasteiger partial charge < -0.3 is 4.74 Å². The smallest absolute Gasteiger partial charge is 0.232 e. The molecule has 0 N–H and O–H groups in total. The topological polar surface area (TPSA) is 39.2 Å². The largest absolute Gasteiger partial charge is 0.452 e. The summed E-state index contributed by atoms with van der Waals surface area (Å²) in [4.78, 5) is 16.1. The Bertz CT molecular complexity index is 603. The van der Waals surface area contributed by atoms with Crippen molar-refractivity contribution < 1.29 is 9.53 Å². The Labute approximate surface area is 98.4 Å². The summed E-state index contributed by atoms with van der Waals surface area (Å²) in [6, 6.07) is 12.7. The summed E-state index contributed by atoms with van der Waals surface area (Å²) in [6.07, 6.45) is 3.33. The number of hydrogen-bond donors (Lipinski definition) is 0. The van der Waals surface area contributed by atoms with Crippen LogP contribution >= 0.6 is 0 Å². The molecule has 1 aromatic carbocycles. The van der Waals surface area contributed by atoms with Crippen LogP contribution in [0.5, 0.6) is 5.75 Å². The second-order valence-electron chi connectivity index (χ2n) is 3.69. The van der Waals surface area contributed by atoms with E-state index in [1.165, 1.54) is 0 Å². The molecule has 2 heterocycles. The lowest BCUT2D eigenvalue weighted by Gasteiger charge is -1.97. The molecule has 0 unspecified atom stereocenters. The fraction of sp³-hybridized carbons (Fsp3) is 0. The summed E-state index contributed by atoms with van der Waals surface area (Å²) in [5.41, 5.74) is 1.32. The molecule has 0 radical (unpaired) electrons. The highest BCUT2D eigenvalue weighted by Gasteiger charge is 2.26. The molecule has 0 fully saturated rings. The predicted octanol–water partition coefficient (Wildman–Crippen LogP) is 2.70. The fourth-order valence-electron chi connectivity index (χ4n) is 1.73. The van der Waals surface area contributed by atoms with Crippen molar-refractivity contribution >= 4 is 11.9 Å². The molecule has 3 nitrogen and oxygen atoms in total. The van der Waals surface area contributed by atoms with Crippen LogP contribution in [0.2, 0.25) is 0 Å². The second kappa shape index (κ2) is 3.87. The maximum Gasteiger partial charge on any atom is 0.232 e. The first-order chi connectivity index (χ1) is 8.34. The van der Waals surface area contributed by atoms with Gasteiger partial charge in [-0.3, -0.25) is 9.78 Å². The number of pyridine rings is 1. The maximum absolute atomic E-state index is 12.0. The molecule has 1 aliphatic rings. The van der Waals surface area contributed by atoms with Crippen molar-refractivity contribution in [1.82, 2.24) is 4.98 Å². The lowest BCUT2D eigenvalue weighted by molar-refractivity contribution is 0.101. The second-order valence-corrected chi connectivity index (χ2v) is 3.69. The first-order valence-electron chi connectivity index (χ1n) is 5.29. The van der Waals surface area contributed by atoms with Crippen molar-refractivity contribution in [3.63, 3.8) is 0 Å². The fourth-order valence-corrected chi connectivity index (χ4v) is 1.73. The normalized spacial score (nSPS) is 15.8. The summed E-state index contributed by atoms with van der Waals surface area (Å²) in [6.45, 7) is 0. The van der Waals surface area contributed by atoms with Crippen molar-refractivity contribution in [3.8, 4) is 5.75 Å². The van der Waals surface area contributed by atoms with Crippen molar-refractivity contribution in [3.05, 3.63) is 65.7 Å². The van der Waals surface area contributed by atoms with Gasteiger partial charge in [-0.25, -0.2) is 0 Å². The van der Waals surface area contributed by atoms with Gasteiger partial charge in [-0.15, -0.1) is 0 Å². The molecule has 1 aromatic heterocycles. The number of ketones is 1. The summed E-state index contributed by atoms with van der Waals surface area (Å²) in [7, 11) is 0. The van der Waals surface area contributed by atoms with Crippen LogP contribution in [0.1, 0.15) is 16.1 Å². The summed E-state index contributed by atoms with van der Waals surface area (Å²) in [5, 5.41) is 0. The Morgan fingerprint density at radius 1 is 1.06 bits per heavy atom. The average molecular weight is 223 g/mol. The average Bonchev–Trinajstić information content (AvgIpc) is 2.68. The van der Waals surface area contributed by atoms with Crippen molar-refractivity contribution in [2.75, 3.05) is 0 Å². The minimum Gasteiger partial charge on any atom is -0.452 e. The van der Waals surface area contributed by atoms with Crippen LogP contribution in [0, 0.1) is 0 Å². The number of Topliss-reactive ketones (excluding diaryl/α,β-unsaturated/α-hetero) is 1. The van der Waals surface area contributed by atoms with E-state index in [9.17, 15) is 4.79 Å². The molecule has 82 valence electrons. The third-order valence-corrected chi connectivity index (χ3v) is 2.54. The molecule has 0 bridgehead atoms. The lowest BCUT2D eigenvalue weighted by Crippen LogP contribution is -1.98. The Balaban J connectivity index is 2.00. The van der Waals surface area contributed by atoms with E-state index in [0.717, 1.165) is 0 Å². The number of carbonyl (C=O) groups excluding carboxylic acids is 1. The first kappa shape index (κ1) is 9.78. The van der Waals surface area contributed by atoms with E-state index in [1.807, 2.05) is 30.3 Å².